The first-order valence-electron chi connectivity index (χ1n) is 9.46. The number of carbonyl (C=O) groups is 1. The van der Waals surface area contributed by atoms with Crippen LogP contribution in [0.4, 0.5) is 0 Å². The van der Waals surface area contributed by atoms with Crippen LogP contribution in [0.25, 0.3) is 17.1 Å². The zero-order chi connectivity index (χ0) is 19.8. The van der Waals surface area contributed by atoms with E-state index in [0.29, 0.717) is 29.2 Å². The number of nitrogens with one attached hydrogen (secondary N) is 1. The molecule has 6 nitrogen and oxygen atoms in total. The third-order valence-corrected chi connectivity index (χ3v) is 5.11. The third-order valence-electron chi connectivity index (χ3n) is 4.18. The van der Waals surface area contributed by atoms with Crippen molar-refractivity contribution in [3.63, 3.8) is 0 Å². The number of benzene rings is 1. The van der Waals surface area contributed by atoms with Crippen LogP contribution in [-0.2, 0) is 4.79 Å². The van der Waals surface area contributed by atoms with Crippen molar-refractivity contribution in [1.82, 2.24) is 25.1 Å². The van der Waals surface area contributed by atoms with Crippen molar-refractivity contribution in [3.8, 4) is 17.1 Å². The summed E-state index contributed by atoms with van der Waals surface area (Å²) in [4.78, 5) is 16.4. The van der Waals surface area contributed by atoms with Gasteiger partial charge in [0.1, 0.15) is 0 Å². The third kappa shape index (κ3) is 5.42. The molecule has 2 aromatic heterocycles. The van der Waals surface area contributed by atoms with Crippen molar-refractivity contribution in [1.29, 1.82) is 0 Å². The molecule has 1 aromatic carbocycles. The Hall–Kier alpha value is -2.67. The molecule has 0 aliphatic rings. The Morgan fingerprint density at radius 2 is 1.96 bits per heavy atom. The van der Waals surface area contributed by atoms with E-state index in [4.69, 9.17) is 0 Å². The monoisotopic (exact) mass is 395 g/mol. The van der Waals surface area contributed by atoms with E-state index in [9.17, 15) is 4.79 Å². The molecule has 0 unspecified atom stereocenters. The van der Waals surface area contributed by atoms with Crippen LogP contribution in [0.5, 0.6) is 0 Å². The highest BCUT2D eigenvalue weighted by Gasteiger charge is 2.17. The highest BCUT2D eigenvalue weighted by molar-refractivity contribution is 7.99. The maximum absolute atomic E-state index is 12.2. The van der Waals surface area contributed by atoms with E-state index >= 15 is 0 Å². The maximum atomic E-state index is 12.2. The van der Waals surface area contributed by atoms with Crippen LogP contribution in [0.1, 0.15) is 26.7 Å². The zero-order valence-electron chi connectivity index (χ0n) is 16.2. The van der Waals surface area contributed by atoms with Gasteiger partial charge in [0.15, 0.2) is 11.0 Å². The Morgan fingerprint density at radius 3 is 2.68 bits per heavy atom. The van der Waals surface area contributed by atoms with Crippen LogP contribution in [0.2, 0.25) is 0 Å². The minimum absolute atomic E-state index is 0.0132. The minimum Gasteiger partial charge on any atom is -0.355 e. The summed E-state index contributed by atoms with van der Waals surface area (Å²) in [5.41, 5.74) is 1.83. The summed E-state index contributed by atoms with van der Waals surface area (Å²) in [6.07, 6.45) is 5.61. The normalized spacial score (nSPS) is 11.0. The molecule has 2 heterocycles. The summed E-state index contributed by atoms with van der Waals surface area (Å²) in [5.74, 6) is 1.68. The molecule has 0 aliphatic carbocycles. The zero-order valence-corrected chi connectivity index (χ0v) is 17.0. The summed E-state index contributed by atoms with van der Waals surface area (Å²) < 4.78 is 1.97. The maximum Gasteiger partial charge on any atom is 0.230 e. The van der Waals surface area contributed by atoms with Gasteiger partial charge >= 0.3 is 0 Å². The number of hydrogen-bond donors (Lipinski definition) is 1. The van der Waals surface area contributed by atoms with Gasteiger partial charge < -0.3 is 5.32 Å². The Bertz CT molecular complexity index is 880. The molecule has 0 aliphatic heterocycles. The summed E-state index contributed by atoms with van der Waals surface area (Å²) in [7, 11) is 0. The van der Waals surface area contributed by atoms with Gasteiger partial charge in [-0.3, -0.25) is 14.3 Å². The second kappa shape index (κ2) is 10.0. The van der Waals surface area contributed by atoms with Gasteiger partial charge in [-0.1, -0.05) is 43.8 Å². The van der Waals surface area contributed by atoms with E-state index < -0.39 is 0 Å². The molecule has 3 aromatic rings. The molecular weight excluding hydrogens is 370 g/mol. The van der Waals surface area contributed by atoms with Crippen molar-refractivity contribution in [2.24, 2.45) is 5.92 Å². The molecule has 146 valence electrons. The SMILES string of the molecule is CC(C)CCCNC(=O)CSc1nnc(-c2cccnc2)n1-c1ccccc1. The van der Waals surface area contributed by atoms with Crippen LogP contribution in [0.3, 0.4) is 0 Å². The number of nitrogens with zero attached hydrogens (tertiary/aromatic N) is 4. The molecule has 0 spiro atoms. The molecule has 0 saturated heterocycles. The van der Waals surface area contributed by atoms with Crippen molar-refractivity contribution in [2.75, 3.05) is 12.3 Å². The lowest BCUT2D eigenvalue weighted by Crippen LogP contribution is -2.26. The van der Waals surface area contributed by atoms with E-state index in [1.165, 1.54) is 11.8 Å². The summed E-state index contributed by atoms with van der Waals surface area (Å²) in [6.45, 7) is 5.09. The molecule has 28 heavy (non-hydrogen) atoms. The van der Waals surface area contributed by atoms with E-state index in [1.54, 1.807) is 12.4 Å². The standard InChI is InChI=1S/C21H25N5OS/c1-16(2)8-6-13-23-19(27)15-28-21-25-24-20(17-9-7-12-22-14-17)26(21)18-10-4-3-5-11-18/h3-5,7,9-12,14,16H,6,8,13,15H2,1-2H3,(H,23,27). The fourth-order valence-electron chi connectivity index (χ4n) is 2.77. The lowest BCUT2D eigenvalue weighted by atomic mass is 10.1. The quantitative estimate of drug-likeness (QED) is 0.438. The molecule has 0 radical (unpaired) electrons. The highest BCUT2D eigenvalue weighted by atomic mass is 32.2. The van der Waals surface area contributed by atoms with Gasteiger partial charge in [0.25, 0.3) is 0 Å². The van der Waals surface area contributed by atoms with Crippen molar-refractivity contribution in [3.05, 3.63) is 54.9 Å². The van der Waals surface area contributed by atoms with Crippen LogP contribution < -0.4 is 5.32 Å². The van der Waals surface area contributed by atoms with Gasteiger partial charge in [-0.2, -0.15) is 0 Å². The number of thioether (sulfide) groups is 1. The first-order valence-corrected chi connectivity index (χ1v) is 10.4. The lowest BCUT2D eigenvalue weighted by molar-refractivity contribution is -0.118. The van der Waals surface area contributed by atoms with Crippen LogP contribution in [0.15, 0.2) is 60.0 Å². The predicted octanol–water partition coefficient (Wildman–Crippen LogP) is 3.97. The van der Waals surface area contributed by atoms with E-state index in [1.807, 2.05) is 47.0 Å². The number of carbonyl (C=O) groups excluding carboxylic acids is 1. The van der Waals surface area contributed by atoms with Gasteiger partial charge in [0.2, 0.25) is 5.91 Å². The molecular formula is C21H25N5OS. The average molecular weight is 396 g/mol. The largest absolute Gasteiger partial charge is 0.355 e. The second-order valence-corrected chi connectivity index (χ2v) is 7.84. The lowest BCUT2D eigenvalue weighted by Gasteiger charge is -2.10. The van der Waals surface area contributed by atoms with Gasteiger partial charge in [-0.05, 0) is 43.0 Å². The van der Waals surface area contributed by atoms with Gasteiger partial charge in [-0.25, -0.2) is 0 Å². The first kappa shape index (κ1) is 20.1. The van der Waals surface area contributed by atoms with Crippen molar-refractivity contribution >= 4 is 17.7 Å². The summed E-state index contributed by atoms with van der Waals surface area (Å²) in [6, 6.07) is 13.7. The number of rotatable bonds is 9. The van der Waals surface area contributed by atoms with Gasteiger partial charge in [0, 0.05) is 30.2 Å². The molecule has 0 atom stereocenters. The highest BCUT2D eigenvalue weighted by Crippen LogP contribution is 2.27. The fourth-order valence-corrected chi connectivity index (χ4v) is 3.56. The van der Waals surface area contributed by atoms with E-state index in [0.717, 1.165) is 24.1 Å². The Morgan fingerprint density at radius 1 is 1.14 bits per heavy atom. The van der Waals surface area contributed by atoms with Crippen LogP contribution in [0, 0.1) is 5.92 Å². The first-order chi connectivity index (χ1) is 13.6. The summed E-state index contributed by atoms with van der Waals surface area (Å²) in [5, 5.41) is 12.3. The van der Waals surface area contributed by atoms with Crippen LogP contribution >= 0.6 is 11.8 Å². The number of para-hydroxylation sites is 1. The molecule has 1 amide bonds. The summed E-state index contributed by atoms with van der Waals surface area (Å²) >= 11 is 1.39. The Labute approximate surface area is 169 Å². The molecule has 3 rings (SSSR count). The molecule has 0 saturated carbocycles. The van der Waals surface area contributed by atoms with E-state index in [2.05, 4.69) is 34.3 Å². The van der Waals surface area contributed by atoms with E-state index in [-0.39, 0.29) is 5.91 Å². The molecule has 0 fully saturated rings. The molecule has 0 bridgehead atoms. The second-order valence-electron chi connectivity index (χ2n) is 6.89. The Kier molecular flexibility index (Phi) is 7.19. The van der Waals surface area contributed by atoms with Crippen LogP contribution in [-0.4, -0.2) is 38.0 Å². The molecule has 1 N–H and O–H groups in total. The van der Waals surface area contributed by atoms with Gasteiger partial charge in [-0.15, -0.1) is 10.2 Å². The minimum atomic E-state index is 0.0132. The van der Waals surface area contributed by atoms with Crippen molar-refractivity contribution in [2.45, 2.75) is 31.8 Å². The topological polar surface area (TPSA) is 72.7 Å². The number of hydrogen-bond acceptors (Lipinski definition) is 5. The Balaban J connectivity index is 1.73. The number of pyridine rings is 1. The number of amides is 1. The smallest absolute Gasteiger partial charge is 0.230 e. The van der Waals surface area contributed by atoms with Crippen molar-refractivity contribution < 1.29 is 4.79 Å². The average Bonchev–Trinajstić information content (AvgIpc) is 3.15. The molecule has 7 heteroatoms. The number of aromatic nitrogens is 4. The van der Waals surface area contributed by atoms with Gasteiger partial charge in [0.05, 0.1) is 5.75 Å². The fraction of sp³-hybridized carbons (Fsp3) is 0.333. The predicted molar refractivity (Wildman–Crippen MR) is 112 cm³/mol.